The molecule has 1 aromatic rings. The first-order valence-electron chi connectivity index (χ1n) is 10.5. The molecule has 0 bridgehead atoms. The first-order valence-corrected chi connectivity index (χ1v) is 10.5. The first-order chi connectivity index (χ1) is 13.1. The van der Waals surface area contributed by atoms with Crippen LogP contribution in [0.3, 0.4) is 0 Å². The number of hydrogen-bond donors (Lipinski definition) is 0. The van der Waals surface area contributed by atoms with Gasteiger partial charge in [0.2, 0.25) is 11.8 Å². The number of likely N-dealkylation sites (tertiary alicyclic amines) is 1. The number of aromatic nitrogens is 2. The second-order valence-corrected chi connectivity index (χ2v) is 8.34. The fourth-order valence-corrected chi connectivity index (χ4v) is 4.87. The van der Waals surface area contributed by atoms with Gasteiger partial charge in [0.05, 0.1) is 11.7 Å². The molecule has 1 aliphatic carbocycles. The van der Waals surface area contributed by atoms with Crippen LogP contribution in [-0.2, 0) is 22.6 Å². The van der Waals surface area contributed by atoms with Gasteiger partial charge in [-0.1, -0.05) is 12.8 Å². The maximum atomic E-state index is 12.6. The molecule has 6 nitrogen and oxygen atoms in total. The highest BCUT2D eigenvalue weighted by atomic mass is 16.2. The minimum absolute atomic E-state index is 0.00331. The van der Waals surface area contributed by atoms with E-state index in [2.05, 4.69) is 4.98 Å². The molecule has 0 N–H and O–H groups in total. The highest BCUT2D eigenvalue weighted by molar-refractivity contribution is 5.76. The van der Waals surface area contributed by atoms with E-state index in [1.54, 1.807) is 6.92 Å². The summed E-state index contributed by atoms with van der Waals surface area (Å²) in [7, 11) is 0. The summed E-state index contributed by atoms with van der Waals surface area (Å²) >= 11 is 0. The Hall–Kier alpha value is -1.98. The molecule has 27 heavy (non-hydrogen) atoms. The average Bonchev–Trinajstić information content (AvgIpc) is 3.20. The number of piperidine rings is 1. The van der Waals surface area contributed by atoms with Gasteiger partial charge in [0.1, 0.15) is 0 Å². The number of rotatable bonds is 3. The van der Waals surface area contributed by atoms with Crippen LogP contribution in [0.2, 0.25) is 0 Å². The van der Waals surface area contributed by atoms with Crippen LogP contribution in [0.15, 0.2) is 6.20 Å². The normalized spacial score (nSPS) is 23.4. The zero-order valence-electron chi connectivity index (χ0n) is 16.3. The Bertz CT molecular complexity index is 714. The van der Waals surface area contributed by atoms with E-state index in [-0.39, 0.29) is 17.9 Å². The van der Waals surface area contributed by atoms with Crippen molar-refractivity contribution in [2.75, 3.05) is 13.1 Å². The van der Waals surface area contributed by atoms with Gasteiger partial charge in [-0.3, -0.25) is 9.59 Å². The van der Waals surface area contributed by atoms with Crippen molar-refractivity contribution in [3.8, 4) is 0 Å². The summed E-state index contributed by atoms with van der Waals surface area (Å²) in [5.74, 6) is 1.74. The summed E-state index contributed by atoms with van der Waals surface area (Å²) in [5.41, 5.74) is 2.12. The van der Waals surface area contributed by atoms with Gasteiger partial charge in [0.15, 0.2) is 5.82 Å². The van der Waals surface area contributed by atoms with Gasteiger partial charge < -0.3 is 9.80 Å². The van der Waals surface area contributed by atoms with Crippen LogP contribution in [0.1, 0.15) is 81.4 Å². The van der Waals surface area contributed by atoms with Crippen molar-refractivity contribution in [1.82, 2.24) is 19.8 Å². The van der Waals surface area contributed by atoms with Crippen LogP contribution < -0.4 is 0 Å². The van der Waals surface area contributed by atoms with Gasteiger partial charge >= 0.3 is 0 Å². The largest absolute Gasteiger partial charge is 0.338 e. The van der Waals surface area contributed by atoms with Gasteiger partial charge in [-0.15, -0.1) is 0 Å². The Morgan fingerprint density at radius 1 is 1.11 bits per heavy atom. The molecule has 2 fully saturated rings. The van der Waals surface area contributed by atoms with E-state index in [9.17, 15) is 9.59 Å². The van der Waals surface area contributed by atoms with Crippen LogP contribution in [0.25, 0.3) is 0 Å². The summed E-state index contributed by atoms with van der Waals surface area (Å²) in [6, 6.07) is 0.00331. The molecule has 3 heterocycles. The summed E-state index contributed by atoms with van der Waals surface area (Å²) in [6.07, 6.45) is 11.4. The molecule has 0 unspecified atom stereocenters. The van der Waals surface area contributed by atoms with Crippen molar-refractivity contribution in [3.63, 3.8) is 0 Å². The number of fused-ring (bicyclic) bond motifs is 1. The maximum absolute atomic E-state index is 12.6. The third kappa shape index (κ3) is 3.99. The molecule has 0 spiro atoms. The Morgan fingerprint density at radius 2 is 1.89 bits per heavy atom. The number of amides is 2. The minimum atomic E-state index is 0.00331. The lowest BCUT2D eigenvalue weighted by molar-refractivity contribution is -0.134. The smallest absolute Gasteiger partial charge is 0.223 e. The topological polar surface area (TPSA) is 66.4 Å². The van der Waals surface area contributed by atoms with Crippen molar-refractivity contribution < 1.29 is 9.59 Å². The maximum Gasteiger partial charge on any atom is 0.223 e. The summed E-state index contributed by atoms with van der Waals surface area (Å²) in [4.78, 5) is 37.9. The predicted octanol–water partition coefficient (Wildman–Crippen LogP) is 3.02. The van der Waals surface area contributed by atoms with Crippen molar-refractivity contribution in [2.24, 2.45) is 5.92 Å². The van der Waals surface area contributed by atoms with E-state index in [0.717, 1.165) is 55.9 Å². The van der Waals surface area contributed by atoms with E-state index in [1.807, 2.05) is 16.0 Å². The molecule has 6 heteroatoms. The van der Waals surface area contributed by atoms with Crippen LogP contribution in [0, 0.1) is 5.92 Å². The SMILES string of the molecule is CC(=O)N1CCCC[C@H]1c1ncc2c(n1)CCN(C(=O)CC1CCCC1)C2. The molecule has 146 valence electrons. The van der Waals surface area contributed by atoms with Gasteiger partial charge in [0, 0.05) is 51.2 Å². The van der Waals surface area contributed by atoms with Crippen molar-refractivity contribution in [3.05, 3.63) is 23.3 Å². The number of nitrogens with zero attached hydrogens (tertiary/aromatic N) is 4. The first kappa shape index (κ1) is 18.4. The molecule has 1 saturated carbocycles. The van der Waals surface area contributed by atoms with E-state index >= 15 is 0 Å². The molecule has 1 saturated heterocycles. The molecule has 3 aliphatic rings. The second-order valence-electron chi connectivity index (χ2n) is 8.34. The van der Waals surface area contributed by atoms with Crippen molar-refractivity contribution >= 4 is 11.8 Å². The Kier molecular flexibility index (Phi) is 5.41. The summed E-state index contributed by atoms with van der Waals surface area (Å²) < 4.78 is 0. The van der Waals surface area contributed by atoms with Gasteiger partial charge in [-0.05, 0) is 38.0 Å². The Labute approximate surface area is 161 Å². The van der Waals surface area contributed by atoms with Gasteiger partial charge in [-0.25, -0.2) is 9.97 Å². The zero-order valence-corrected chi connectivity index (χ0v) is 16.3. The van der Waals surface area contributed by atoms with Crippen LogP contribution in [0.4, 0.5) is 0 Å². The van der Waals surface area contributed by atoms with Gasteiger partial charge in [0.25, 0.3) is 0 Å². The number of hydrogen-bond acceptors (Lipinski definition) is 4. The molecular formula is C21H30N4O2. The average molecular weight is 370 g/mol. The Morgan fingerprint density at radius 3 is 2.67 bits per heavy atom. The van der Waals surface area contributed by atoms with Crippen molar-refractivity contribution in [1.29, 1.82) is 0 Å². The lowest BCUT2D eigenvalue weighted by Crippen LogP contribution is -2.39. The van der Waals surface area contributed by atoms with Crippen LogP contribution >= 0.6 is 0 Å². The second kappa shape index (κ2) is 7.95. The molecule has 0 radical (unpaired) electrons. The summed E-state index contributed by atoms with van der Waals surface area (Å²) in [6.45, 7) is 3.80. The minimum Gasteiger partial charge on any atom is -0.338 e. The molecule has 1 atom stereocenters. The van der Waals surface area contributed by atoms with Crippen molar-refractivity contribution in [2.45, 2.75) is 77.3 Å². The molecular weight excluding hydrogens is 340 g/mol. The van der Waals surface area contributed by atoms with Crippen LogP contribution in [0.5, 0.6) is 0 Å². The third-order valence-corrected chi connectivity index (χ3v) is 6.45. The monoisotopic (exact) mass is 370 g/mol. The number of carbonyl (C=O) groups is 2. The highest BCUT2D eigenvalue weighted by Crippen LogP contribution is 2.31. The Balaban J connectivity index is 1.44. The zero-order chi connectivity index (χ0) is 18.8. The molecule has 1 aromatic heterocycles. The third-order valence-electron chi connectivity index (χ3n) is 6.45. The lowest BCUT2D eigenvalue weighted by Gasteiger charge is -2.35. The standard InChI is InChI=1S/C21H30N4O2/c1-15(26)25-10-5-4-8-19(25)21-22-13-17-14-24(11-9-18(17)23-21)20(27)12-16-6-2-3-7-16/h13,16,19H,2-12,14H2,1H3/t19-/m0/s1. The molecule has 0 aromatic carbocycles. The predicted molar refractivity (Wildman–Crippen MR) is 102 cm³/mol. The molecule has 2 amide bonds. The highest BCUT2D eigenvalue weighted by Gasteiger charge is 2.30. The van der Waals surface area contributed by atoms with E-state index in [4.69, 9.17) is 4.98 Å². The van der Waals surface area contributed by atoms with E-state index < -0.39 is 0 Å². The lowest BCUT2D eigenvalue weighted by atomic mass is 9.99. The molecule has 2 aliphatic heterocycles. The fourth-order valence-electron chi connectivity index (χ4n) is 4.87. The molecule has 4 rings (SSSR count). The van der Waals surface area contributed by atoms with E-state index in [0.29, 0.717) is 18.9 Å². The summed E-state index contributed by atoms with van der Waals surface area (Å²) in [5, 5.41) is 0. The van der Waals surface area contributed by atoms with Gasteiger partial charge in [-0.2, -0.15) is 0 Å². The van der Waals surface area contributed by atoms with Crippen LogP contribution in [-0.4, -0.2) is 44.7 Å². The number of carbonyl (C=O) groups excluding carboxylic acids is 2. The quantitative estimate of drug-likeness (QED) is 0.820. The van der Waals surface area contributed by atoms with E-state index in [1.165, 1.54) is 25.7 Å². The fraction of sp³-hybridized carbons (Fsp3) is 0.714.